The van der Waals surface area contributed by atoms with Crippen molar-refractivity contribution >= 4 is 11.9 Å². The van der Waals surface area contributed by atoms with Crippen molar-refractivity contribution in [1.82, 2.24) is 10.7 Å². The molecule has 0 spiro atoms. The summed E-state index contributed by atoms with van der Waals surface area (Å²) in [5, 5.41) is 14.4. The number of hydrogen-bond acceptors (Lipinski definition) is 6. The number of nitrogens with one attached hydrogen (secondary N) is 2. The first-order chi connectivity index (χ1) is 7.84. The van der Waals surface area contributed by atoms with Gasteiger partial charge in [0.1, 0.15) is 11.6 Å². The van der Waals surface area contributed by atoms with Crippen LogP contribution in [0.15, 0.2) is 5.10 Å². The Hall–Kier alpha value is -2.01. The van der Waals surface area contributed by atoms with E-state index < -0.39 is 17.7 Å². The van der Waals surface area contributed by atoms with E-state index in [1.807, 2.05) is 6.07 Å². The Morgan fingerprint density at radius 2 is 2.18 bits per heavy atom. The predicted octanol–water partition coefficient (Wildman–Crippen LogP) is -0.471. The Labute approximate surface area is 99.9 Å². The number of alkyl carbamates (subject to hydrolysis) is 1. The zero-order valence-corrected chi connectivity index (χ0v) is 10.2. The van der Waals surface area contributed by atoms with Crippen LogP contribution in [0, 0.1) is 11.3 Å². The highest BCUT2D eigenvalue weighted by atomic mass is 16.6. The van der Waals surface area contributed by atoms with Crippen molar-refractivity contribution in [3.8, 4) is 6.07 Å². The van der Waals surface area contributed by atoms with Crippen molar-refractivity contribution in [3.05, 3.63) is 0 Å². The second kappa shape index (κ2) is 6.55. The van der Waals surface area contributed by atoms with Gasteiger partial charge in [-0.15, -0.1) is 0 Å². The molecule has 0 aromatic rings. The minimum Gasteiger partial charge on any atom is -0.444 e. The third-order valence-electron chi connectivity index (χ3n) is 1.60. The van der Waals surface area contributed by atoms with Crippen LogP contribution in [0.3, 0.4) is 0 Å². The lowest BCUT2D eigenvalue weighted by atomic mass is 10.2. The number of nitrogens with two attached hydrogens (primary N) is 2. The summed E-state index contributed by atoms with van der Waals surface area (Å²) >= 11 is 0. The molecule has 0 rings (SSSR count). The number of hydrazine groups is 1. The fourth-order valence-electron chi connectivity index (χ4n) is 0.985. The number of amidine groups is 1. The smallest absolute Gasteiger partial charge is 0.408 e. The van der Waals surface area contributed by atoms with Gasteiger partial charge in [-0.3, -0.25) is 0 Å². The lowest BCUT2D eigenvalue weighted by Crippen LogP contribution is -2.50. The van der Waals surface area contributed by atoms with Gasteiger partial charge in [-0.1, -0.05) is 0 Å². The minimum atomic E-state index is -0.732. The molecule has 8 nitrogen and oxygen atoms in total. The molecule has 1 amide bonds. The van der Waals surface area contributed by atoms with Gasteiger partial charge in [0.05, 0.1) is 12.5 Å². The number of rotatable bonds is 3. The lowest BCUT2D eigenvalue weighted by molar-refractivity contribution is 0.0518. The molecule has 0 aliphatic rings. The number of amides is 1. The second-order valence-corrected chi connectivity index (χ2v) is 4.22. The van der Waals surface area contributed by atoms with Crippen LogP contribution in [0.4, 0.5) is 4.79 Å². The van der Waals surface area contributed by atoms with Crippen molar-refractivity contribution in [1.29, 1.82) is 5.26 Å². The maximum Gasteiger partial charge on any atom is 0.408 e. The third kappa shape index (κ3) is 6.21. The first kappa shape index (κ1) is 15.0. The van der Waals surface area contributed by atoms with Crippen LogP contribution >= 0.6 is 0 Å². The van der Waals surface area contributed by atoms with Crippen molar-refractivity contribution in [2.75, 3.05) is 0 Å². The van der Waals surface area contributed by atoms with Gasteiger partial charge in [-0.25, -0.2) is 10.6 Å². The average Bonchev–Trinajstić information content (AvgIpc) is 2.16. The molecule has 0 aromatic carbocycles. The summed E-state index contributed by atoms with van der Waals surface area (Å²) in [6.07, 6.45) is -0.700. The van der Waals surface area contributed by atoms with Gasteiger partial charge in [0.25, 0.3) is 0 Å². The molecule has 0 bridgehead atoms. The van der Waals surface area contributed by atoms with E-state index in [0.717, 1.165) is 0 Å². The number of hydrazone groups is 1. The molecule has 0 aromatic heterocycles. The Kier molecular flexibility index (Phi) is 5.77. The highest BCUT2D eigenvalue weighted by Crippen LogP contribution is 2.07. The summed E-state index contributed by atoms with van der Waals surface area (Å²) in [5.74, 6) is 10.3. The van der Waals surface area contributed by atoms with Crippen LogP contribution < -0.4 is 22.4 Å². The first-order valence-electron chi connectivity index (χ1n) is 4.95. The second-order valence-electron chi connectivity index (χ2n) is 4.22. The molecule has 17 heavy (non-hydrogen) atoms. The Balaban J connectivity index is 4.57. The first-order valence-corrected chi connectivity index (χ1v) is 4.95. The lowest BCUT2D eigenvalue weighted by Gasteiger charge is -2.22. The summed E-state index contributed by atoms with van der Waals surface area (Å²) in [4.78, 5) is 11.5. The zero-order chi connectivity index (χ0) is 13.5. The molecular formula is C9H18N6O2. The van der Waals surface area contributed by atoms with Crippen LogP contribution in [0.25, 0.3) is 0 Å². The van der Waals surface area contributed by atoms with E-state index in [4.69, 9.17) is 21.7 Å². The van der Waals surface area contributed by atoms with Gasteiger partial charge >= 0.3 is 6.09 Å². The molecule has 6 N–H and O–H groups in total. The third-order valence-corrected chi connectivity index (χ3v) is 1.60. The van der Waals surface area contributed by atoms with Gasteiger partial charge in [0.2, 0.25) is 0 Å². The number of ether oxygens (including phenoxy) is 1. The maximum atomic E-state index is 11.5. The van der Waals surface area contributed by atoms with Gasteiger partial charge in [-0.05, 0) is 20.8 Å². The van der Waals surface area contributed by atoms with Crippen molar-refractivity contribution in [3.63, 3.8) is 0 Å². The summed E-state index contributed by atoms with van der Waals surface area (Å²) in [6, 6.07) is 1.15. The Bertz CT molecular complexity index is 327. The van der Waals surface area contributed by atoms with Crippen molar-refractivity contribution < 1.29 is 9.53 Å². The van der Waals surface area contributed by atoms with Crippen LogP contribution in [-0.4, -0.2) is 23.6 Å². The molecular weight excluding hydrogens is 224 g/mol. The maximum absolute atomic E-state index is 11.5. The fourth-order valence-corrected chi connectivity index (χ4v) is 0.985. The summed E-state index contributed by atoms with van der Waals surface area (Å²) in [5.41, 5.74) is 1.58. The number of nitriles is 1. The zero-order valence-electron chi connectivity index (χ0n) is 10.2. The van der Waals surface area contributed by atoms with E-state index in [-0.39, 0.29) is 12.3 Å². The molecule has 0 saturated carbocycles. The topological polar surface area (TPSA) is 139 Å². The molecule has 1 atom stereocenters. The Morgan fingerprint density at radius 3 is 2.53 bits per heavy atom. The number of carbonyl (C=O) groups is 1. The van der Waals surface area contributed by atoms with Crippen LogP contribution in [0.2, 0.25) is 0 Å². The van der Waals surface area contributed by atoms with E-state index >= 15 is 0 Å². The van der Waals surface area contributed by atoms with E-state index in [1.165, 1.54) is 0 Å². The molecule has 96 valence electrons. The number of carbonyl (C=O) groups excluding carboxylic acids is 1. The molecule has 0 aliphatic carbocycles. The molecule has 0 fully saturated rings. The highest BCUT2D eigenvalue weighted by molar-refractivity contribution is 5.89. The number of hydrogen-bond donors (Lipinski definition) is 4. The highest BCUT2D eigenvalue weighted by Gasteiger charge is 2.22. The summed E-state index contributed by atoms with van der Waals surface area (Å²) in [6.45, 7) is 5.18. The molecule has 8 heteroatoms. The molecule has 0 saturated heterocycles. The molecule has 0 aliphatic heterocycles. The SMILES string of the molecule is CC(C)(C)OC(=O)NC(CC#N)/C(=N/N)NN. The van der Waals surface area contributed by atoms with Crippen LogP contribution in [-0.2, 0) is 4.74 Å². The fraction of sp³-hybridized carbons (Fsp3) is 0.667. The van der Waals surface area contributed by atoms with Gasteiger partial charge in [0, 0.05) is 0 Å². The largest absolute Gasteiger partial charge is 0.444 e. The monoisotopic (exact) mass is 242 g/mol. The average molecular weight is 242 g/mol. The van der Waals surface area contributed by atoms with Gasteiger partial charge in [0.15, 0.2) is 5.84 Å². The van der Waals surface area contributed by atoms with Crippen molar-refractivity contribution in [2.45, 2.75) is 38.8 Å². The van der Waals surface area contributed by atoms with Gasteiger partial charge in [-0.2, -0.15) is 10.4 Å². The molecule has 0 heterocycles. The van der Waals surface area contributed by atoms with Crippen LogP contribution in [0.5, 0.6) is 0 Å². The molecule has 0 radical (unpaired) electrons. The van der Waals surface area contributed by atoms with E-state index in [0.29, 0.717) is 0 Å². The minimum absolute atomic E-state index is 0.0283. The van der Waals surface area contributed by atoms with Crippen LogP contribution in [0.1, 0.15) is 27.2 Å². The quantitative estimate of drug-likeness (QED) is 0.228. The van der Waals surface area contributed by atoms with E-state index in [1.54, 1.807) is 20.8 Å². The summed E-state index contributed by atoms with van der Waals surface area (Å²) < 4.78 is 5.03. The predicted molar refractivity (Wildman–Crippen MR) is 62.3 cm³/mol. The summed E-state index contributed by atoms with van der Waals surface area (Å²) in [7, 11) is 0. The molecule has 1 unspecified atom stereocenters. The standard InChI is InChI=1S/C9H18N6O2/c1-9(2,3)17-8(16)13-6(4-5-10)7(14-11)15-12/h6H,4,11-12H2,1-3H3,(H,13,16)(H,14,15). The normalized spacial score (nSPS) is 13.5. The van der Waals surface area contributed by atoms with Crippen molar-refractivity contribution in [2.24, 2.45) is 16.8 Å². The van der Waals surface area contributed by atoms with E-state index in [2.05, 4.69) is 15.8 Å². The number of nitrogens with zero attached hydrogens (tertiary/aromatic N) is 2. The van der Waals surface area contributed by atoms with Gasteiger partial charge < -0.3 is 21.3 Å². The Morgan fingerprint density at radius 1 is 1.59 bits per heavy atom. The van der Waals surface area contributed by atoms with E-state index in [9.17, 15) is 4.79 Å².